The van der Waals surface area contributed by atoms with Crippen molar-refractivity contribution in [3.63, 3.8) is 0 Å². The molecule has 0 amide bonds. The topological polar surface area (TPSA) is 17.1 Å². The zero-order valence-corrected chi connectivity index (χ0v) is 13.7. The van der Waals surface area contributed by atoms with Gasteiger partial charge in [-0.25, -0.2) is 0 Å². The second-order valence-electron chi connectivity index (χ2n) is 6.11. The van der Waals surface area contributed by atoms with E-state index in [1.807, 2.05) is 6.08 Å². The number of carbonyl (C=O) groups is 1. The van der Waals surface area contributed by atoms with Gasteiger partial charge in [0.2, 0.25) is 0 Å². The number of benzene rings is 1. The molecule has 0 saturated carbocycles. The minimum atomic E-state index is 0.189. The van der Waals surface area contributed by atoms with Crippen molar-refractivity contribution < 1.29 is 4.79 Å². The molecule has 0 spiro atoms. The van der Waals surface area contributed by atoms with Crippen LogP contribution in [0, 0.1) is 0 Å². The molecule has 0 unspecified atom stereocenters. The van der Waals surface area contributed by atoms with Crippen LogP contribution in [0.4, 0.5) is 0 Å². The maximum atomic E-state index is 11.8. The zero-order chi connectivity index (χ0) is 13.9. The summed E-state index contributed by atoms with van der Waals surface area (Å²) in [5.41, 5.74) is 2.78. The molecule has 0 fully saturated rings. The Hall–Kier alpha value is -0.851. The molecule has 1 aromatic carbocycles. The first-order chi connectivity index (χ1) is 8.97. The van der Waals surface area contributed by atoms with E-state index in [2.05, 4.69) is 45.0 Å². The molecule has 1 aromatic rings. The third kappa shape index (κ3) is 4.06. The molecule has 0 radical (unpaired) electrons. The van der Waals surface area contributed by atoms with Crippen LogP contribution in [0.15, 0.2) is 30.3 Å². The predicted molar refractivity (Wildman–Crippen MR) is 82.5 cm³/mol. The number of hydrogen-bond acceptors (Lipinski definition) is 1. The van der Waals surface area contributed by atoms with E-state index >= 15 is 0 Å². The first-order valence-corrected chi connectivity index (χ1v) is 9.02. The van der Waals surface area contributed by atoms with Gasteiger partial charge in [0.15, 0.2) is 0 Å². The van der Waals surface area contributed by atoms with Gasteiger partial charge >= 0.3 is 122 Å². The SMILES string of the molecule is CC(C)(C)c1ccc(/C2=C/C(=O)CCCC[Se]2)cc1. The summed E-state index contributed by atoms with van der Waals surface area (Å²) in [6.45, 7) is 6.68. The molecule has 0 bridgehead atoms. The molecule has 2 heteroatoms. The molecule has 19 heavy (non-hydrogen) atoms. The van der Waals surface area contributed by atoms with Crippen LogP contribution in [0.1, 0.15) is 51.2 Å². The Bertz CT molecular complexity index is 477. The molecule has 2 rings (SSSR count). The Kier molecular flexibility index (Phi) is 4.65. The molecular weight excluding hydrogens is 299 g/mol. The van der Waals surface area contributed by atoms with Gasteiger partial charge in [-0.3, -0.25) is 0 Å². The summed E-state index contributed by atoms with van der Waals surface area (Å²) in [6.07, 6.45) is 4.88. The maximum absolute atomic E-state index is 11.8. The fourth-order valence-electron chi connectivity index (χ4n) is 2.14. The van der Waals surface area contributed by atoms with Crippen molar-refractivity contribution in [2.24, 2.45) is 0 Å². The van der Waals surface area contributed by atoms with E-state index in [1.165, 1.54) is 27.3 Å². The first-order valence-electron chi connectivity index (χ1n) is 6.95. The molecular formula is C17H22OSe. The van der Waals surface area contributed by atoms with Gasteiger partial charge in [-0.1, -0.05) is 0 Å². The van der Waals surface area contributed by atoms with Gasteiger partial charge in [0.1, 0.15) is 0 Å². The van der Waals surface area contributed by atoms with Crippen LogP contribution >= 0.6 is 0 Å². The van der Waals surface area contributed by atoms with Crippen LogP contribution in [0.2, 0.25) is 5.32 Å². The number of carbonyl (C=O) groups excluding carboxylic acids is 1. The van der Waals surface area contributed by atoms with Crippen LogP contribution in [0.25, 0.3) is 4.47 Å². The minimum absolute atomic E-state index is 0.189. The standard InChI is InChI=1S/C17H22OSe/c1-17(2,3)14-9-7-13(8-10-14)16-12-15(18)6-4-5-11-19-16/h7-10,12H,4-6,11H2,1-3H3/b16-12-. The van der Waals surface area contributed by atoms with Crippen molar-refractivity contribution in [3.05, 3.63) is 41.5 Å². The zero-order valence-electron chi connectivity index (χ0n) is 12.0. The Labute approximate surface area is 122 Å². The van der Waals surface area contributed by atoms with Crippen LogP contribution in [-0.2, 0) is 10.2 Å². The predicted octanol–water partition coefficient (Wildman–Crippen LogP) is 4.20. The molecule has 0 N–H and O–H groups in total. The summed E-state index contributed by atoms with van der Waals surface area (Å²) in [7, 11) is 0. The number of ketones is 1. The van der Waals surface area contributed by atoms with Gasteiger partial charge in [0.05, 0.1) is 0 Å². The van der Waals surface area contributed by atoms with E-state index in [4.69, 9.17) is 0 Å². The van der Waals surface area contributed by atoms with Gasteiger partial charge in [0.25, 0.3) is 0 Å². The van der Waals surface area contributed by atoms with E-state index in [0.717, 1.165) is 12.8 Å². The van der Waals surface area contributed by atoms with E-state index in [1.54, 1.807) is 0 Å². The average Bonchev–Trinajstić information content (AvgIpc) is 2.33. The van der Waals surface area contributed by atoms with Gasteiger partial charge in [0, 0.05) is 0 Å². The molecule has 1 aliphatic heterocycles. The Morgan fingerprint density at radius 3 is 2.37 bits per heavy atom. The van der Waals surface area contributed by atoms with E-state index in [0.29, 0.717) is 20.7 Å². The van der Waals surface area contributed by atoms with Gasteiger partial charge < -0.3 is 0 Å². The number of allylic oxidation sites excluding steroid dienone is 1. The van der Waals surface area contributed by atoms with Crippen LogP contribution in [0.5, 0.6) is 0 Å². The molecule has 0 saturated heterocycles. The van der Waals surface area contributed by atoms with Crippen molar-refractivity contribution >= 4 is 25.2 Å². The van der Waals surface area contributed by atoms with Gasteiger partial charge in [-0.05, 0) is 0 Å². The van der Waals surface area contributed by atoms with Crippen molar-refractivity contribution in [1.29, 1.82) is 0 Å². The summed E-state index contributed by atoms with van der Waals surface area (Å²) in [5, 5.41) is 1.26. The average molecular weight is 321 g/mol. The first kappa shape index (κ1) is 14.6. The van der Waals surface area contributed by atoms with Crippen molar-refractivity contribution in [3.8, 4) is 0 Å². The molecule has 0 aromatic heterocycles. The van der Waals surface area contributed by atoms with Gasteiger partial charge in [-0.15, -0.1) is 0 Å². The third-order valence-corrected chi connectivity index (χ3v) is 5.83. The normalized spacial score (nSPS) is 20.4. The quantitative estimate of drug-likeness (QED) is 0.709. The summed E-state index contributed by atoms with van der Waals surface area (Å²) < 4.78 is 1.28. The molecule has 1 heterocycles. The molecule has 0 aliphatic carbocycles. The Morgan fingerprint density at radius 2 is 1.74 bits per heavy atom. The molecule has 1 aliphatic rings. The van der Waals surface area contributed by atoms with Crippen LogP contribution in [0.3, 0.4) is 0 Å². The summed E-state index contributed by atoms with van der Waals surface area (Å²) in [5.74, 6) is 0.302. The van der Waals surface area contributed by atoms with Gasteiger partial charge in [-0.2, -0.15) is 0 Å². The summed E-state index contributed by atoms with van der Waals surface area (Å²) >= 11 is 0.444. The Balaban J connectivity index is 2.25. The van der Waals surface area contributed by atoms with Crippen molar-refractivity contribution in [2.45, 2.75) is 50.8 Å². The van der Waals surface area contributed by atoms with E-state index < -0.39 is 0 Å². The Morgan fingerprint density at radius 1 is 1.05 bits per heavy atom. The van der Waals surface area contributed by atoms with Crippen molar-refractivity contribution in [2.75, 3.05) is 0 Å². The fraction of sp³-hybridized carbons (Fsp3) is 0.471. The molecule has 1 nitrogen and oxygen atoms in total. The van der Waals surface area contributed by atoms with Crippen LogP contribution in [-0.4, -0.2) is 20.7 Å². The monoisotopic (exact) mass is 322 g/mol. The summed E-state index contributed by atoms with van der Waals surface area (Å²) in [4.78, 5) is 11.8. The second-order valence-corrected chi connectivity index (χ2v) is 8.49. The third-order valence-electron chi connectivity index (χ3n) is 3.40. The second kappa shape index (κ2) is 6.07. The number of hydrogen-bond donors (Lipinski definition) is 0. The van der Waals surface area contributed by atoms with Crippen molar-refractivity contribution in [1.82, 2.24) is 0 Å². The van der Waals surface area contributed by atoms with Crippen LogP contribution < -0.4 is 0 Å². The van der Waals surface area contributed by atoms with E-state index in [-0.39, 0.29) is 5.41 Å². The van der Waals surface area contributed by atoms with E-state index in [9.17, 15) is 4.79 Å². The fourth-order valence-corrected chi connectivity index (χ4v) is 4.42. The molecule has 0 atom stereocenters. The molecule has 102 valence electrons. The summed E-state index contributed by atoms with van der Waals surface area (Å²) in [6, 6.07) is 8.77. The number of rotatable bonds is 1.